The molecule has 0 N–H and O–H groups in total. The molecule has 28 heavy (non-hydrogen) atoms. The van der Waals surface area contributed by atoms with Crippen molar-refractivity contribution in [1.82, 2.24) is 4.98 Å². The van der Waals surface area contributed by atoms with Crippen molar-refractivity contribution in [3.63, 3.8) is 0 Å². The van der Waals surface area contributed by atoms with Crippen LogP contribution in [0.5, 0.6) is 0 Å². The molecule has 1 saturated heterocycles. The molecule has 1 fully saturated rings. The molecule has 2 aromatic rings. The summed E-state index contributed by atoms with van der Waals surface area (Å²) >= 11 is 0. The van der Waals surface area contributed by atoms with Crippen LogP contribution in [0.4, 0.5) is 37.7 Å². The number of nitrogens with zero attached hydrogens (tertiary/aromatic N) is 4. The van der Waals surface area contributed by atoms with Gasteiger partial charge in [0.15, 0.2) is 5.69 Å². The highest BCUT2D eigenvalue weighted by Gasteiger charge is 2.33. The van der Waals surface area contributed by atoms with Crippen molar-refractivity contribution >= 4 is 11.4 Å². The summed E-state index contributed by atoms with van der Waals surface area (Å²) in [7, 11) is 0. The Morgan fingerprint density at radius 1 is 0.857 bits per heavy atom. The number of benzene rings is 1. The van der Waals surface area contributed by atoms with Crippen molar-refractivity contribution in [2.45, 2.75) is 12.4 Å². The van der Waals surface area contributed by atoms with E-state index in [1.165, 1.54) is 6.07 Å². The molecule has 0 bridgehead atoms. The second-order valence-electron chi connectivity index (χ2n) is 6.22. The second kappa shape index (κ2) is 7.22. The normalized spacial score (nSPS) is 15.5. The topological polar surface area (TPSA) is 43.2 Å². The van der Waals surface area contributed by atoms with E-state index < -0.39 is 23.5 Å². The zero-order chi connectivity index (χ0) is 20.5. The molecule has 2 heterocycles. The van der Waals surface area contributed by atoms with Gasteiger partial charge in [-0.15, -0.1) is 0 Å². The summed E-state index contributed by atoms with van der Waals surface area (Å²) in [6.45, 7) is 1.08. The van der Waals surface area contributed by atoms with Gasteiger partial charge in [-0.1, -0.05) is 6.07 Å². The van der Waals surface area contributed by atoms with Crippen LogP contribution < -0.4 is 9.80 Å². The fraction of sp³-hybridized carbons (Fsp3) is 0.333. The number of aromatic nitrogens is 1. The van der Waals surface area contributed by atoms with Crippen molar-refractivity contribution < 1.29 is 26.3 Å². The Balaban J connectivity index is 1.79. The predicted octanol–water partition coefficient (Wildman–Crippen LogP) is 4.32. The molecule has 0 atom stereocenters. The van der Waals surface area contributed by atoms with Crippen molar-refractivity contribution in [2.24, 2.45) is 0 Å². The SMILES string of the molecule is N#Cc1ncc(C(F)(F)F)cc1N1CCN(c2cccc(C(F)(F)F)c2)CC1. The number of anilines is 2. The first-order valence-electron chi connectivity index (χ1n) is 8.24. The van der Waals surface area contributed by atoms with E-state index in [1.54, 1.807) is 21.9 Å². The maximum Gasteiger partial charge on any atom is 0.417 e. The summed E-state index contributed by atoms with van der Waals surface area (Å²) in [5, 5.41) is 9.14. The molecule has 10 heteroatoms. The van der Waals surface area contributed by atoms with Gasteiger partial charge in [-0.3, -0.25) is 0 Å². The van der Waals surface area contributed by atoms with Gasteiger partial charge in [0.2, 0.25) is 0 Å². The summed E-state index contributed by atoms with van der Waals surface area (Å²) in [6, 6.07) is 7.55. The van der Waals surface area contributed by atoms with Crippen molar-refractivity contribution in [3.05, 3.63) is 53.3 Å². The Bertz CT molecular complexity index is 892. The molecule has 3 rings (SSSR count). The number of hydrogen-bond acceptors (Lipinski definition) is 4. The highest BCUT2D eigenvalue weighted by atomic mass is 19.4. The quantitative estimate of drug-likeness (QED) is 0.705. The highest BCUT2D eigenvalue weighted by Crippen LogP contribution is 2.34. The number of pyridine rings is 1. The van der Waals surface area contributed by atoms with E-state index in [-0.39, 0.29) is 24.5 Å². The van der Waals surface area contributed by atoms with Gasteiger partial charge in [-0.2, -0.15) is 31.6 Å². The summed E-state index contributed by atoms with van der Waals surface area (Å²) in [4.78, 5) is 6.90. The Hall–Kier alpha value is -2.96. The molecule has 0 aliphatic carbocycles. The van der Waals surface area contributed by atoms with Crippen LogP contribution in [0.25, 0.3) is 0 Å². The van der Waals surface area contributed by atoms with E-state index in [4.69, 9.17) is 5.26 Å². The van der Waals surface area contributed by atoms with E-state index in [2.05, 4.69) is 4.98 Å². The summed E-state index contributed by atoms with van der Waals surface area (Å²) in [5.74, 6) is 0. The van der Waals surface area contributed by atoms with Crippen molar-refractivity contribution in [1.29, 1.82) is 5.26 Å². The fourth-order valence-corrected chi connectivity index (χ4v) is 3.02. The standard InChI is InChI=1S/C18H14F6N4/c19-17(20,21)12-2-1-3-14(8-12)27-4-6-28(7-5-27)16-9-13(18(22,23)24)11-26-15(16)10-25/h1-3,8-9,11H,4-7H2. The van der Waals surface area contributed by atoms with Crippen molar-refractivity contribution in [2.75, 3.05) is 36.0 Å². The Kier molecular flexibility index (Phi) is 5.10. The largest absolute Gasteiger partial charge is 0.417 e. The fourth-order valence-electron chi connectivity index (χ4n) is 3.02. The zero-order valence-electron chi connectivity index (χ0n) is 14.3. The number of halogens is 6. The molecule has 1 aliphatic heterocycles. The summed E-state index contributed by atoms with van der Waals surface area (Å²) < 4.78 is 77.5. The van der Waals surface area contributed by atoms with Gasteiger partial charge in [-0.05, 0) is 24.3 Å². The third-order valence-corrected chi connectivity index (χ3v) is 4.46. The first-order chi connectivity index (χ1) is 13.1. The number of rotatable bonds is 2. The van der Waals surface area contributed by atoms with E-state index in [0.717, 1.165) is 18.2 Å². The summed E-state index contributed by atoms with van der Waals surface area (Å²) in [6.07, 6.45) is -8.43. The van der Waals surface area contributed by atoms with Crippen LogP contribution in [0, 0.1) is 11.3 Å². The first kappa shape index (κ1) is 19.8. The van der Waals surface area contributed by atoms with E-state index in [1.807, 2.05) is 0 Å². The van der Waals surface area contributed by atoms with Gasteiger partial charge in [0.25, 0.3) is 0 Å². The highest BCUT2D eigenvalue weighted by molar-refractivity contribution is 5.59. The van der Waals surface area contributed by atoms with Crippen LogP contribution >= 0.6 is 0 Å². The predicted molar refractivity (Wildman–Crippen MR) is 89.8 cm³/mol. The molecule has 0 spiro atoms. The Morgan fingerprint density at radius 3 is 2.04 bits per heavy atom. The summed E-state index contributed by atoms with van der Waals surface area (Å²) in [5.41, 5.74) is -1.39. The smallest absolute Gasteiger partial charge is 0.368 e. The van der Waals surface area contributed by atoms with Crippen LogP contribution in [0.1, 0.15) is 16.8 Å². The molecule has 0 radical (unpaired) electrons. The average molecular weight is 400 g/mol. The van der Waals surface area contributed by atoms with Crippen LogP contribution in [-0.2, 0) is 12.4 Å². The van der Waals surface area contributed by atoms with Crippen LogP contribution in [0.15, 0.2) is 36.5 Å². The molecule has 0 saturated carbocycles. The van der Waals surface area contributed by atoms with Gasteiger partial charge in [0, 0.05) is 38.1 Å². The van der Waals surface area contributed by atoms with E-state index >= 15 is 0 Å². The third kappa shape index (κ3) is 4.13. The molecular formula is C18H14F6N4. The molecule has 1 aromatic carbocycles. The zero-order valence-corrected chi connectivity index (χ0v) is 14.3. The van der Waals surface area contributed by atoms with Gasteiger partial charge < -0.3 is 9.80 Å². The lowest BCUT2D eigenvalue weighted by molar-refractivity contribution is -0.138. The van der Waals surface area contributed by atoms with E-state index in [0.29, 0.717) is 25.0 Å². The van der Waals surface area contributed by atoms with Crippen LogP contribution in [0.2, 0.25) is 0 Å². The third-order valence-electron chi connectivity index (χ3n) is 4.46. The van der Waals surface area contributed by atoms with Crippen molar-refractivity contribution in [3.8, 4) is 6.07 Å². The Labute approximate surface area is 156 Å². The monoisotopic (exact) mass is 400 g/mol. The molecule has 4 nitrogen and oxygen atoms in total. The molecule has 1 aromatic heterocycles. The van der Waals surface area contributed by atoms with Crippen LogP contribution in [-0.4, -0.2) is 31.2 Å². The molecule has 0 amide bonds. The minimum atomic E-state index is -4.59. The maximum absolute atomic E-state index is 12.9. The number of hydrogen-bond donors (Lipinski definition) is 0. The molecular weight excluding hydrogens is 386 g/mol. The lowest BCUT2D eigenvalue weighted by atomic mass is 10.1. The number of piperazine rings is 1. The lowest BCUT2D eigenvalue weighted by Gasteiger charge is -2.37. The number of nitriles is 1. The van der Waals surface area contributed by atoms with Gasteiger partial charge in [0.05, 0.1) is 16.8 Å². The molecule has 1 aliphatic rings. The average Bonchev–Trinajstić information content (AvgIpc) is 2.66. The second-order valence-corrected chi connectivity index (χ2v) is 6.22. The van der Waals surface area contributed by atoms with E-state index in [9.17, 15) is 26.3 Å². The van der Waals surface area contributed by atoms with Gasteiger partial charge in [0.1, 0.15) is 6.07 Å². The van der Waals surface area contributed by atoms with Gasteiger partial charge >= 0.3 is 12.4 Å². The van der Waals surface area contributed by atoms with Crippen LogP contribution in [0.3, 0.4) is 0 Å². The molecule has 148 valence electrons. The lowest BCUT2D eigenvalue weighted by Crippen LogP contribution is -2.47. The molecule has 0 unspecified atom stereocenters. The first-order valence-corrected chi connectivity index (χ1v) is 8.24. The minimum absolute atomic E-state index is 0.0704. The number of alkyl halides is 6. The maximum atomic E-state index is 12.9. The minimum Gasteiger partial charge on any atom is -0.368 e. The van der Waals surface area contributed by atoms with Gasteiger partial charge in [-0.25, -0.2) is 4.98 Å². The Morgan fingerprint density at radius 2 is 1.46 bits per heavy atom.